The molecular weight excluding hydrogens is 258 g/mol. The quantitative estimate of drug-likeness (QED) is 0.884. The van der Waals surface area contributed by atoms with E-state index in [4.69, 9.17) is 5.11 Å². The molecule has 0 unspecified atom stereocenters. The first-order valence-electron chi connectivity index (χ1n) is 6.81. The summed E-state index contributed by atoms with van der Waals surface area (Å²) in [7, 11) is 0. The molecular formula is C15H19NO4. The lowest BCUT2D eigenvalue weighted by Crippen LogP contribution is -2.42. The highest BCUT2D eigenvalue weighted by molar-refractivity contribution is 5.98. The molecule has 0 atom stereocenters. The van der Waals surface area contributed by atoms with Gasteiger partial charge in [-0.25, -0.2) is 0 Å². The van der Waals surface area contributed by atoms with Crippen molar-refractivity contribution in [2.45, 2.75) is 38.6 Å². The summed E-state index contributed by atoms with van der Waals surface area (Å²) in [5.74, 6) is -1.54. The average molecular weight is 277 g/mol. The largest absolute Gasteiger partial charge is 0.507 e. The Bertz CT molecular complexity index is 521. The van der Waals surface area contributed by atoms with E-state index in [0.29, 0.717) is 0 Å². The highest BCUT2D eigenvalue weighted by atomic mass is 16.4. The van der Waals surface area contributed by atoms with Gasteiger partial charge in [0.2, 0.25) is 0 Å². The summed E-state index contributed by atoms with van der Waals surface area (Å²) in [4.78, 5) is 24.9. The topological polar surface area (TPSA) is 77.8 Å². The summed E-state index contributed by atoms with van der Waals surface area (Å²) in [5, 5.41) is 18.8. The molecule has 0 saturated heterocycles. The number of aryl methyl sites for hydroxylation is 1. The third kappa shape index (κ3) is 3.10. The number of phenols is 1. The first-order valence-corrected chi connectivity index (χ1v) is 6.81. The Hall–Kier alpha value is -2.04. The highest BCUT2D eigenvalue weighted by Gasteiger charge is 2.30. The Labute approximate surface area is 117 Å². The van der Waals surface area contributed by atoms with Gasteiger partial charge < -0.3 is 15.1 Å². The molecule has 0 spiro atoms. The van der Waals surface area contributed by atoms with E-state index in [9.17, 15) is 14.7 Å². The molecule has 5 nitrogen and oxygen atoms in total. The molecule has 20 heavy (non-hydrogen) atoms. The fraction of sp³-hybridized carbons (Fsp3) is 0.467. The molecule has 1 fully saturated rings. The van der Waals surface area contributed by atoms with Gasteiger partial charge in [-0.15, -0.1) is 0 Å². The molecule has 0 heterocycles. The summed E-state index contributed by atoms with van der Waals surface area (Å²) < 4.78 is 0. The van der Waals surface area contributed by atoms with Gasteiger partial charge in [-0.2, -0.15) is 0 Å². The lowest BCUT2D eigenvalue weighted by molar-refractivity contribution is -0.138. The van der Waals surface area contributed by atoms with E-state index >= 15 is 0 Å². The van der Waals surface area contributed by atoms with E-state index in [1.165, 1.54) is 11.0 Å². The van der Waals surface area contributed by atoms with Gasteiger partial charge >= 0.3 is 5.97 Å². The van der Waals surface area contributed by atoms with Crippen molar-refractivity contribution in [3.8, 4) is 5.75 Å². The molecule has 2 rings (SSSR count). The number of aliphatic carboxylic acids is 1. The fourth-order valence-electron chi connectivity index (χ4n) is 2.70. The van der Waals surface area contributed by atoms with Crippen molar-refractivity contribution in [3.05, 3.63) is 29.3 Å². The zero-order chi connectivity index (χ0) is 14.7. The second-order valence-electron chi connectivity index (χ2n) is 5.29. The number of carboxylic acids is 1. The van der Waals surface area contributed by atoms with Crippen LogP contribution in [0.1, 0.15) is 41.6 Å². The van der Waals surface area contributed by atoms with E-state index < -0.39 is 11.9 Å². The molecule has 1 aromatic rings. The Kier molecular flexibility index (Phi) is 4.27. The molecule has 0 radical (unpaired) electrons. The average Bonchev–Trinajstić information content (AvgIpc) is 2.91. The third-order valence-corrected chi connectivity index (χ3v) is 3.71. The minimum Gasteiger partial charge on any atom is -0.507 e. The van der Waals surface area contributed by atoms with Crippen LogP contribution in [0.5, 0.6) is 5.75 Å². The predicted octanol–water partition coefficient (Wildman–Crippen LogP) is 2.17. The summed E-state index contributed by atoms with van der Waals surface area (Å²) in [6.45, 7) is 1.50. The molecule has 1 aliphatic carbocycles. The van der Waals surface area contributed by atoms with Crippen molar-refractivity contribution in [1.29, 1.82) is 0 Å². The normalized spacial score (nSPS) is 15.2. The number of benzene rings is 1. The minimum absolute atomic E-state index is 0.0430. The first kappa shape index (κ1) is 14.4. The number of rotatable bonds is 4. The summed E-state index contributed by atoms with van der Waals surface area (Å²) in [6.07, 6.45) is 3.67. The van der Waals surface area contributed by atoms with Crippen molar-refractivity contribution in [2.24, 2.45) is 0 Å². The summed E-state index contributed by atoms with van der Waals surface area (Å²) in [6, 6.07) is 4.74. The molecule has 5 heteroatoms. The van der Waals surface area contributed by atoms with Gasteiger partial charge in [-0.05, 0) is 31.9 Å². The van der Waals surface area contributed by atoms with Crippen molar-refractivity contribution < 1.29 is 19.8 Å². The Balaban J connectivity index is 2.29. The van der Waals surface area contributed by atoms with Crippen LogP contribution < -0.4 is 0 Å². The van der Waals surface area contributed by atoms with Crippen LogP contribution in [-0.4, -0.2) is 39.6 Å². The zero-order valence-electron chi connectivity index (χ0n) is 11.5. The second-order valence-corrected chi connectivity index (χ2v) is 5.29. The van der Waals surface area contributed by atoms with Gasteiger partial charge in [-0.3, -0.25) is 9.59 Å². The minimum atomic E-state index is -1.03. The number of amides is 1. The van der Waals surface area contributed by atoms with Crippen LogP contribution in [0.3, 0.4) is 0 Å². The zero-order valence-corrected chi connectivity index (χ0v) is 11.5. The molecule has 1 aromatic carbocycles. The number of nitrogens with zero attached hydrogens (tertiary/aromatic N) is 1. The first-order chi connectivity index (χ1) is 9.49. The molecule has 108 valence electrons. The molecule has 2 N–H and O–H groups in total. The Morgan fingerprint density at radius 2 is 1.95 bits per heavy atom. The van der Waals surface area contributed by atoms with E-state index in [2.05, 4.69) is 0 Å². The van der Waals surface area contributed by atoms with Gasteiger partial charge in [0.1, 0.15) is 12.3 Å². The SMILES string of the molecule is Cc1ccc(O)c(C(=O)N(CC(=O)O)C2CCCC2)c1. The number of carbonyl (C=O) groups excluding carboxylic acids is 1. The maximum absolute atomic E-state index is 12.5. The smallest absolute Gasteiger partial charge is 0.323 e. The van der Waals surface area contributed by atoms with Gasteiger partial charge in [0.05, 0.1) is 5.56 Å². The molecule has 1 aliphatic rings. The summed E-state index contributed by atoms with van der Waals surface area (Å²) >= 11 is 0. The van der Waals surface area contributed by atoms with Gasteiger partial charge in [-0.1, -0.05) is 24.5 Å². The second kappa shape index (κ2) is 5.94. The number of phenolic OH excluding ortho intramolecular Hbond substituents is 1. The van der Waals surface area contributed by atoms with Crippen LogP contribution in [0, 0.1) is 6.92 Å². The number of aromatic hydroxyl groups is 1. The molecule has 0 bridgehead atoms. The van der Waals surface area contributed by atoms with Crippen LogP contribution in [0.4, 0.5) is 0 Å². The monoisotopic (exact) mass is 277 g/mol. The van der Waals surface area contributed by atoms with Crippen LogP contribution in [0.25, 0.3) is 0 Å². The van der Waals surface area contributed by atoms with E-state index in [1.807, 2.05) is 6.92 Å². The van der Waals surface area contributed by atoms with Crippen LogP contribution in [0.15, 0.2) is 18.2 Å². The van der Waals surface area contributed by atoms with Crippen molar-refractivity contribution >= 4 is 11.9 Å². The van der Waals surface area contributed by atoms with E-state index in [0.717, 1.165) is 31.2 Å². The fourth-order valence-corrected chi connectivity index (χ4v) is 2.70. The van der Waals surface area contributed by atoms with Gasteiger partial charge in [0.25, 0.3) is 5.91 Å². The third-order valence-electron chi connectivity index (χ3n) is 3.71. The van der Waals surface area contributed by atoms with Crippen LogP contribution in [-0.2, 0) is 4.79 Å². The van der Waals surface area contributed by atoms with Crippen LogP contribution in [0.2, 0.25) is 0 Å². The Morgan fingerprint density at radius 3 is 2.55 bits per heavy atom. The van der Waals surface area contributed by atoms with Gasteiger partial charge in [0.15, 0.2) is 0 Å². The maximum atomic E-state index is 12.5. The number of hydrogen-bond donors (Lipinski definition) is 2. The lowest BCUT2D eigenvalue weighted by Gasteiger charge is -2.27. The van der Waals surface area contributed by atoms with E-state index in [-0.39, 0.29) is 23.9 Å². The molecule has 1 amide bonds. The Morgan fingerprint density at radius 1 is 1.30 bits per heavy atom. The van der Waals surface area contributed by atoms with Gasteiger partial charge in [0, 0.05) is 6.04 Å². The molecule has 1 saturated carbocycles. The lowest BCUT2D eigenvalue weighted by atomic mass is 10.1. The van der Waals surface area contributed by atoms with Crippen molar-refractivity contribution in [1.82, 2.24) is 4.90 Å². The van der Waals surface area contributed by atoms with E-state index in [1.54, 1.807) is 12.1 Å². The van der Waals surface area contributed by atoms with Crippen LogP contribution >= 0.6 is 0 Å². The number of carboxylic acid groups (broad SMARTS) is 1. The number of carbonyl (C=O) groups is 2. The summed E-state index contributed by atoms with van der Waals surface area (Å²) in [5.41, 5.74) is 1.03. The maximum Gasteiger partial charge on any atom is 0.323 e. The van der Waals surface area contributed by atoms with Crippen molar-refractivity contribution in [2.75, 3.05) is 6.54 Å². The molecule has 0 aliphatic heterocycles. The molecule has 0 aromatic heterocycles. The predicted molar refractivity (Wildman–Crippen MR) is 73.8 cm³/mol. The van der Waals surface area contributed by atoms with Crippen molar-refractivity contribution in [3.63, 3.8) is 0 Å². The number of hydrogen-bond acceptors (Lipinski definition) is 3. The highest BCUT2D eigenvalue weighted by Crippen LogP contribution is 2.27. The standard InChI is InChI=1S/C15H19NO4/c1-10-6-7-13(17)12(8-10)15(20)16(9-14(18)19)11-4-2-3-5-11/h6-8,11,17H,2-5,9H2,1H3,(H,18,19).